The number of pyridine rings is 1. The minimum Gasteiger partial charge on any atom is -0.275 e. The minimum atomic E-state index is -0.133. The summed E-state index contributed by atoms with van der Waals surface area (Å²) in [7, 11) is 0. The van der Waals surface area contributed by atoms with Crippen LogP contribution in [0.5, 0.6) is 0 Å². The van der Waals surface area contributed by atoms with Gasteiger partial charge in [0.1, 0.15) is 0 Å². The third-order valence-electron chi connectivity index (χ3n) is 4.16. The molecular formula is C22H15ClN2O. The van der Waals surface area contributed by atoms with Gasteiger partial charge in [-0.3, -0.25) is 14.7 Å². The standard InChI is InChI=1S/C22H15ClN2O/c23-18-13-11-17(12-14-18)22(26)25(19-8-2-1-3-9-19)20-10-4-6-16-7-5-15-24-21(16)20/h1-15H. The minimum absolute atomic E-state index is 0.133. The molecule has 0 spiro atoms. The molecule has 4 heteroatoms. The predicted octanol–water partition coefficient (Wildman–Crippen LogP) is 5.87. The Morgan fingerprint density at radius 1 is 0.808 bits per heavy atom. The molecule has 0 N–H and O–H groups in total. The van der Waals surface area contributed by atoms with Gasteiger partial charge in [-0.1, -0.05) is 48.0 Å². The Morgan fingerprint density at radius 3 is 2.31 bits per heavy atom. The molecule has 0 aliphatic rings. The second-order valence-corrected chi connectivity index (χ2v) is 6.27. The van der Waals surface area contributed by atoms with Crippen LogP contribution in [0.3, 0.4) is 0 Å². The number of rotatable bonds is 3. The molecular weight excluding hydrogens is 344 g/mol. The molecule has 0 atom stereocenters. The second kappa shape index (κ2) is 6.98. The summed E-state index contributed by atoms with van der Waals surface area (Å²) in [6, 6.07) is 26.2. The lowest BCUT2D eigenvalue weighted by Crippen LogP contribution is -2.26. The van der Waals surface area contributed by atoms with Crippen LogP contribution >= 0.6 is 11.6 Å². The van der Waals surface area contributed by atoms with E-state index in [1.54, 1.807) is 35.4 Å². The van der Waals surface area contributed by atoms with Crippen molar-refractivity contribution in [2.24, 2.45) is 0 Å². The van der Waals surface area contributed by atoms with Gasteiger partial charge in [0.15, 0.2) is 0 Å². The van der Waals surface area contributed by atoms with E-state index in [1.165, 1.54) is 0 Å². The molecule has 4 rings (SSSR count). The summed E-state index contributed by atoms with van der Waals surface area (Å²) in [5, 5.41) is 1.58. The molecule has 0 fully saturated rings. The number of hydrogen-bond acceptors (Lipinski definition) is 2. The van der Waals surface area contributed by atoms with E-state index in [-0.39, 0.29) is 5.91 Å². The first-order chi connectivity index (χ1) is 12.7. The monoisotopic (exact) mass is 358 g/mol. The normalized spacial score (nSPS) is 10.7. The lowest BCUT2D eigenvalue weighted by Gasteiger charge is -2.24. The Morgan fingerprint density at radius 2 is 1.54 bits per heavy atom. The van der Waals surface area contributed by atoms with Crippen LogP contribution in [0.1, 0.15) is 10.4 Å². The first-order valence-electron chi connectivity index (χ1n) is 8.23. The van der Waals surface area contributed by atoms with Gasteiger partial charge in [-0.05, 0) is 48.5 Å². The highest BCUT2D eigenvalue weighted by molar-refractivity contribution is 6.30. The number of carbonyl (C=O) groups is 1. The number of hydrogen-bond donors (Lipinski definition) is 0. The summed E-state index contributed by atoms with van der Waals surface area (Å²) in [5.74, 6) is -0.133. The van der Waals surface area contributed by atoms with E-state index in [9.17, 15) is 4.79 Å². The van der Waals surface area contributed by atoms with E-state index < -0.39 is 0 Å². The number of anilines is 2. The molecule has 0 saturated heterocycles. The van der Waals surface area contributed by atoms with Gasteiger partial charge in [-0.25, -0.2) is 0 Å². The molecule has 0 radical (unpaired) electrons. The van der Waals surface area contributed by atoms with Gasteiger partial charge in [0.25, 0.3) is 5.91 Å². The van der Waals surface area contributed by atoms with Crippen molar-refractivity contribution in [2.75, 3.05) is 4.90 Å². The van der Waals surface area contributed by atoms with Crippen LogP contribution < -0.4 is 4.90 Å². The number of amides is 1. The summed E-state index contributed by atoms with van der Waals surface area (Å²) < 4.78 is 0. The topological polar surface area (TPSA) is 33.2 Å². The van der Waals surface area contributed by atoms with Crippen LogP contribution in [0.2, 0.25) is 5.02 Å². The maximum atomic E-state index is 13.4. The van der Waals surface area contributed by atoms with Gasteiger partial charge >= 0.3 is 0 Å². The lowest BCUT2D eigenvalue weighted by atomic mass is 10.1. The summed E-state index contributed by atoms with van der Waals surface area (Å²) in [6.45, 7) is 0. The van der Waals surface area contributed by atoms with Crippen molar-refractivity contribution < 1.29 is 4.79 Å². The highest BCUT2D eigenvalue weighted by atomic mass is 35.5. The average Bonchev–Trinajstić information content (AvgIpc) is 2.70. The molecule has 1 amide bonds. The number of para-hydroxylation sites is 2. The van der Waals surface area contributed by atoms with Crippen LogP contribution in [0.25, 0.3) is 10.9 Å². The van der Waals surface area contributed by atoms with E-state index in [0.29, 0.717) is 10.6 Å². The van der Waals surface area contributed by atoms with Gasteiger partial charge in [-0.15, -0.1) is 0 Å². The fraction of sp³-hybridized carbons (Fsp3) is 0. The Hall–Kier alpha value is -3.17. The van der Waals surface area contributed by atoms with Crippen molar-refractivity contribution in [1.29, 1.82) is 0 Å². The number of nitrogens with zero attached hydrogens (tertiary/aromatic N) is 2. The summed E-state index contributed by atoms with van der Waals surface area (Å²) in [6.07, 6.45) is 1.74. The van der Waals surface area contributed by atoms with E-state index in [4.69, 9.17) is 11.6 Å². The molecule has 0 aliphatic heterocycles. The van der Waals surface area contributed by atoms with Crippen LogP contribution in [0.15, 0.2) is 91.1 Å². The van der Waals surface area contributed by atoms with Crippen LogP contribution in [0.4, 0.5) is 11.4 Å². The fourth-order valence-corrected chi connectivity index (χ4v) is 3.06. The molecule has 0 unspecified atom stereocenters. The van der Waals surface area contributed by atoms with E-state index >= 15 is 0 Å². The van der Waals surface area contributed by atoms with Crippen molar-refractivity contribution >= 4 is 39.8 Å². The highest BCUT2D eigenvalue weighted by Crippen LogP contribution is 2.32. The molecule has 3 aromatic carbocycles. The molecule has 0 saturated carbocycles. The van der Waals surface area contributed by atoms with Gasteiger partial charge in [0, 0.05) is 27.9 Å². The number of aromatic nitrogens is 1. The van der Waals surface area contributed by atoms with E-state index in [2.05, 4.69) is 4.98 Å². The van der Waals surface area contributed by atoms with Gasteiger partial charge < -0.3 is 0 Å². The molecule has 26 heavy (non-hydrogen) atoms. The predicted molar refractivity (Wildman–Crippen MR) is 106 cm³/mol. The number of fused-ring (bicyclic) bond motifs is 1. The second-order valence-electron chi connectivity index (χ2n) is 5.84. The molecule has 126 valence electrons. The van der Waals surface area contributed by atoms with Crippen molar-refractivity contribution in [3.8, 4) is 0 Å². The zero-order valence-corrected chi connectivity index (χ0v) is 14.6. The Kier molecular flexibility index (Phi) is 4.38. The molecule has 1 aromatic heterocycles. The zero-order chi connectivity index (χ0) is 17.9. The smallest absolute Gasteiger partial charge is 0.262 e. The quantitative estimate of drug-likeness (QED) is 0.459. The van der Waals surface area contributed by atoms with Gasteiger partial charge in [0.05, 0.1) is 11.2 Å². The Balaban J connectivity index is 1.91. The van der Waals surface area contributed by atoms with Crippen molar-refractivity contribution in [2.45, 2.75) is 0 Å². The van der Waals surface area contributed by atoms with Gasteiger partial charge in [-0.2, -0.15) is 0 Å². The third-order valence-corrected chi connectivity index (χ3v) is 4.41. The average molecular weight is 359 g/mol. The number of halogens is 1. The van der Waals surface area contributed by atoms with Crippen LogP contribution in [-0.4, -0.2) is 10.9 Å². The first kappa shape index (κ1) is 16.3. The molecule has 0 bridgehead atoms. The highest BCUT2D eigenvalue weighted by Gasteiger charge is 2.22. The molecule has 1 heterocycles. The fourth-order valence-electron chi connectivity index (χ4n) is 2.93. The Labute approximate surface area is 156 Å². The van der Waals surface area contributed by atoms with Crippen molar-refractivity contribution in [3.05, 3.63) is 102 Å². The van der Waals surface area contributed by atoms with Crippen molar-refractivity contribution in [1.82, 2.24) is 4.98 Å². The van der Waals surface area contributed by atoms with Crippen molar-refractivity contribution in [3.63, 3.8) is 0 Å². The summed E-state index contributed by atoms with van der Waals surface area (Å²) in [5.41, 5.74) is 2.87. The first-order valence-corrected chi connectivity index (χ1v) is 8.61. The van der Waals surface area contributed by atoms with Crippen LogP contribution in [-0.2, 0) is 0 Å². The summed E-state index contributed by atoms with van der Waals surface area (Å²) in [4.78, 5) is 19.6. The Bertz CT molecular complexity index is 1060. The number of carbonyl (C=O) groups excluding carboxylic acids is 1. The third kappa shape index (κ3) is 3.05. The lowest BCUT2D eigenvalue weighted by molar-refractivity contribution is 0.0999. The van der Waals surface area contributed by atoms with Gasteiger partial charge in [0.2, 0.25) is 0 Å². The zero-order valence-electron chi connectivity index (χ0n) is 13.8. The maximum Gasteiger partial charge on any atom is 0.262 e. The van der Waals surface area contributed by atoms with E-state index in [0.717, 1.165) is 22.3 Å². The SMILES string of the molecule is O=C(c1ccc(Cl)cc1)N(c1ccccc1)c1cccc2cccnc12. The maximum absolute atomic E-state index is 13.4. The largest absolute Gasteiger partial charge is 0.275 e. The molecule has 3 nitrogen and oxygen atoms in total. The van der Waals surface area contributed by atoms with E-state index in [1.807, 2.05) is 60.7 Å². The number of benzene rings is 3. The summed E-state index contributed by atoms with van der Waals surface area (Å²) >= 11 is 5.97. The van der Waals surface area contributed by atoms with Crippen LogP contribution in [0, 0.1) is 0 Å². The molecule has 0 aliphatic carbocycles. The molecule has 4 aromatic rings.